The van der Waals surface area contributed by atoms with Gasteiger partial charge in [-0.2, -0.15) is 11.8 Å². The summed E-state index contributed by atoms with van der Waals surface area (Å²) in [5.74, 6) is 2.51. The molecule has 3 rings (SSSR count). The number of thioether (sulfide) groups is 1. The molecule has 0 aromatic carbocycles. The Balaban J connectivity index is 2.11. The number of imidazole rings is 1. The number of fused-ring (bicyclic) bond motifs is 1. The lowest BCUT2D eigenvalue weighted by Gasteiger charge is -2.06. The zero-order chi connectivity index (χ0) is 9.38. The minimum atomic E-state index is 0.611. The molecule has 1 saturated heterocycles. The van der Waals surface area contributed by atoms with E-state index in [-0.39, 0.29) is 0 Å². The molecule has 1 fully saturated rings. The third-order valence-electron chi connectivity index (χ3n) is 2.68. The van der Waals surface area contributed by atoms with Gasteiger partial charge in [-0.3, -0.25) is 0 Å². The van der Waals surface area contributed by atoms with Crippen molar-refractivity contribution in [3.05, 3.63) is 36.4 Å². The van der Waals surface area contributed by atoms with E-state index < -0.39 is 0 Å². The van der Waals surface area contributed by atoms with E-state index in [2.05, 4.69) is 33.8 Å². The van der Waals surface area contributed by atoms with Gasteiger partial charge in [-0.25, -0.2) is 4.98 Å². The smallest absolute Gasteiger partial charge is 0.126 e. The van der Waals surface area contributed by atoms with Crippen LogP contribution in [0.3, 0.4) is 0 Å². The summed E-state index contributed by atoms with van der Waals surface area (Å²) in [6.45, 7) is 0. The summed E-state index contributed by atoms with van der Waals surface area (Å²) in [6.07, 6.45) is 6.68. The molecule has 0 amide bonds. The van der Waals surface area contributed by atoms with Crippen LogP contribution in [0, 0.1) is 0 Å². The van der Waals surface area contributed by atoms with Gasteiger partial charge in [0.25, 0.3) is 0 Å². The molecule has 0 saturated carbocycles. The van der Waals surface area contributed by atoms with Crippen molar-refractivity contribution in [2.45, 2.75) is 18.1 Å². The SMILES string of the molecule is c1ccn2c(C3CCCS3)ncc2c1. The monoisotopic (exact) mass is 204 g/mol. The fraction of sp³-hybridized carbons (Fsp3) is 0.364. The highest BCUT2D eigenvalue weighted by atomic mass is 32.2. The van der Waals surface area contributed by atoms with Gasteiger partial charge < -0.3 is 4.40 Å². The fourth-order valence-electron chi connectivity index (χ4n) is 1.98. The quantitative estimate of drug-likeness (QED) is 0.710. The molecule has 1 unspecified atom stereocenters. The van der Waals surface area contributed by atoms with Crippen LogP contribution in [0.5, 0.6) is 0 Å². The number of nitrogens with zero attached hydrogens (tertiary/aromatic N) is 2. The van der Waals surface area contributed by atoms with Crippen molar-refractivity contribution in [3.8, 4) is 0 Å². The minimum Gasteiger partial charge on any atom is -0.303 e. The molecule has 3 heterocycles. The average molecular weight is 204 g/mol. The lowest BCUT2D eigenvalue weighted by Crippen LogP contribution is -1.96. The average Bonchev–Trinajstić information content (AvgIpc) is 2.85. The lowest BCUT2D eigenvalue weighted by atomic mass is 10.2. The van der Waals surface area contributed by atoms with Crippen LogP contribution in [0.15, 0.2) is 30.6 Å². The molecule has 1 aliphatic heterocycles. The van der Waals surface area contributed by atoms with Crippen molar-refractivity contribution >= 4 is 17.3 Å². The number of hydrogen-bond donors (Lipinski definition) is 0. The topological polar surface area (TPSA) is 17.3 Å². The van der Waals surface area contributed by atoms with Crippen molar-refractivity contribution < 1.29 is 0 Å². The molecule has 1 atom stereocenters. The Bertz CT molecular complexity index is 443. The Morgan fingerprint density at radius 2 is 2.43 bits per heavy atom. The van der Waals surface area contributed by atoms with E-state index in [1.54, 1.807) is 0 Å². The van der Waals surface area contributed by atoms with Gasteiger partial charge in [0.15, 0.2) is 0 Å². The molecule has 14 heavy (non-hydrogen) atoms. The summed E-state index contributed by atoms with van der Waals surface area (Å²) < 4.78 is 2.21. The first-order valence-corrected chi connectivity index (χ1v) is 6.03. The molecule has 2 nitrogen and oxygen atoms in total. The van der Waals surface area contributed by atoms with Crippen LogP contribution in [0.25, 0.3) is 5.52 Å². The second kappa shape index (κ2) is 3.31. The summed E-state index contributed by atoms with van der Waals surface area (Å²) in [5.41, 5.74) is 1.20. The van der Waals surface area contributed by atoms with Gasteiger partial charge >= 0.3 is 0 Å². The summed E-state index contributed by atoms with van der Waals surface area (Å²) in [4.78, 5) is 4.52. The molecule has 3 heteroatoms. The van der Waals surface area contributed by atoms with Gasteiger partial charge in [-0.1, -0.05) is 6.07 Å². The first-order chi connectivity index (χ1) is 6.95. The molecule has 2 aromatic heterocycles. The van der Waals surface area contributed by atoms with Crippen LogP contribution in [0.4, 0.5) is 0 Å². The van der Waals surface area contributed by atoms with E-state index in [0.717, 1.165) is 0 Å². The fourth-order valence-corrected chi connectivity index (χ4v) is 3.26. The Morgan fingerprint density at radius 1 is 1.43 bits per heavy atom. The predicted molar refractivity (Wildman–Crippen MR) is 59.6 cm³/mol. The molecule has 72 valence electrons. The third-order valence-corrected chi connectivity index (χ3v) is 4.06. The maximum atomic E-state index is 4.52. The van der Waals surface area contributed by atoms with Crippen LogP contribution in [-0.2, 0) is 0 Å². The molecule has 0 bridgehead atoms. The number of pyridine rings is 1. The molecular formula is C11H12N2S. The zero-order valence-corrected chi connectivity index (χ0v) is 8.70. The highest BCUT2D eigenvalue weighted by Crippen LogP contribution is 2.39. The van der Waals surface area contributed by atoms with Crippen molar-refractivity contribution in [2.75, 3.05) is 5.75 Å². The second-order valence-corrected chi connectivity index (χ2v) is 4.92. The van der Waals surface area contributed by atoms with Crippen molar-refractivity contribution in [1.82, 2.24) is 9.38 Å². The Morgan fingerprint density at radius 3 is 3.29 bits per heavy atom. The van der Waals surface area contributed by atoms with E-state index in [1.165, 1.54) is 29.9 Å². The van der Waals surface area contributed by atoms with Crippen LogP contribution in [0.1, 0.15) is 23.9 Å². The largest absolute Gasteiger partial charge is 0.303 e. The van der Waals surface area contributed by atoms with Crippen molar-refractivity contribution in [3.63, 3.8) is 0 Å². The Kier molecular flexibility index (Phi) is 1.98. The maximum absolute atomic E-state index is 4.52. The van der Waals surface area contributed by atoms with E-state index >= 15 is 0 Å². The van der Waals surface area contributed by atoms with Crippen LogP contribution >= 0.6 is 11.8 Å². The summed E-state index contributed by atoms with van der Waals surface area (Å²) in [7, 11) is 0. The molecule has 2 aromatic rings. The van der Waals surface area contributed by atoms with Crippen LogP contribution in [0.2, 0.25) is 0 Å². The first-order valence-electron chi connectivity index (χ1n) is 4.99. The number of aromatic nitrogens is 2. The van der Waals surface area contributed by atoms with E-state index in [1.807, 2.05) is 18.0 Å². The van der Waals surface area contributed by atoms with Gasteiger partial charge in [0.05, 0.1) is 17.0 Å². The van der Waals surface area contributed by atoms with Crippen LogP contribution in [-0.4, -0.2) is 15.1 Å². The summed E-state index contributed by atoms with van der Waals surface area (Å²) in [5, 5.41) is 0.611. The Labute approximate surface area is 87.3 Å². The lowest BCUT2D eigenvalue weighted by molar-refractivity contribution is 0.774. The van der Waals surface area contributed by atoms with Gasteiger partial charge in [0.2, 0.25) is 0 Å². The van der Waals surface area contributed by atoms with Gasteiger partial charge in [-0.15, -0.1) is 0 Å². The number of rotatable bonds is 1. The van der Waals surface area contributed by atoms with Gasteiger partial charge in [0, 0.05) is 6.20 Å². The molecular weight excluding hydrogens is 192 g/mol. The van der Waals surface area contributed by atoms with E-state index in [0.29, 0.717) is 5.25 Å². The highest BCUT2D eigenvalue weighted by Gasteiger charge is 2.21. The molecule has 0 N–H and O–H groups in total. The normalized spacial score (nSPS) is 21.9. The first kappa shape index (κ1) is 8.36. The Hall–Kier alpha value is -0.960. The molecule has 0 spiro atoms. The molecule has 0 aliphatic carbocycles. The highest BCUT2D eigenvalue weighted by molar-refractivity contribution is 7.99. The third kappa shape index (κ3) is 1.23. The summed E-state index contributed by atoms with van der Waals surface area (Å²) in [6, 6.07) is 6.23. The minimum absolute atomic E-state index is 0.611. The zero-order valence-electron chi connectivity index (χ0n) is 7.89. The molecule has 0 radical (unpaired) electrons. The van der Waals surface area contributed by atoms with Crippen molar-refractivity contribution in [1.29, 1.82) is 0 Å². The van der Waals surface area contributed by atoms with Gasteiger partial charge in [-0.05, 0) is 30.7 Å². The van der Waals surface area contributed by atoms with Gasteiger partial charge in [0.1, 0.15) is 5.82 Å². The maximum Gasteiger partial charge on any atom is 0.126 e. The van der Waals surface area contributed by atoms with Crippen molar-refractivity contribution in [2.24, 2.45) is 0 Å². The van der Waals surface area contributed by atoms with E-state index in [9.17, 15) is 0 Å². The van der Waals surface area contributed by atoms with Crippen LogP contribution < -0.4 is 0 Å². The standard InChI is InChI=1S/C11H12N2S/c1-2-6-13-9(4-1)8-12-11(13)10-5-3-7-14-10/h1-2,4,6,8,10H,3,5,7H2. The predicted octanol–water partition coefficient (Wildman–Crippen LogP) is 2.90. The molecule has 1 aliphatic rings. The van der Waals surface area contributed by atoms with E-state index in [4.69, 9.17) is 0 Å². The summed E-state index contributed by atoms with van der Waals surface area (Å²) >= 11 is 2.03. The second-order valence-electron chi connectivity index (χ2n) is 3.61. The number of hydrogen-bond acceptors (Lipinski definition) is 2.